The molecule has 0 aromatic heterocycles. The van der Waals surface area contributed by atoms with Crippen LogP contribution in [-0.2, 0) is 21.0 Å². The van der Waals surface area contributed by atoms with Gasteiger partial charge in [0.05, 0.1) is 0 Å². The summed E-state index contributed by atoms with van der Waals surface area (Å²) in [6.07, 6.45) is 2.25. The number of nitriles is 3. The van der Waals surface area contributed by atoms with Gasteiger partial charge in [-0.3, -0.25) is 0 Å². The molecule has 0 heterocycles. The number of aliphatic hydroxyl groups excluding tert-OH is 3. The van der Waals surface area contributed by atoms with E-state index in [1.54, 1.807) is 0 Å². The molecule has 0 saturated carbocycles. The molecule has 0 amide bonds. The van der Waals surface area contributed by atoms with Crippen molar-refractivity contribution in [3.8, 4) is 18.8 Å². The Morgan fingerprint density at radius 2 is 0.818 bits per heavy atom. The number of hydrogen-bond acceptors (Lipinski definition) is 7. The molecule has 0 aliphatic carbocycles. The third-order valence-corrected chi connectivity index (χ3v) is 0. The molecule has 7 nitrogen and oxygen atoms in total. The number of aliphatic hydroxyl groups is 3. The Balaban J connectivity index is -0.0000000301. The SMILES string of the molecule is N#CO.N#CO.N#CO.[O]=[V]. The van der Waals surface area contributed by atoms with Gasteiger partial charge in [0.15, 0.2) is 0 Å². The van der Waals surface area contributed by atoms with Gasteiger partial charge < -0.3 is 15.3 Å². The van der Waals surface area contributed by atoms with Crippen LogP contribution in [0, 0.1) is 34.6 Å². The van der Waals surface area contributed by atoms with Crippen LogP contribution in [0.5, 0.6) is 0 Å². The summed E-state index contributed by atoms with van der Waals surface area (Å²) in [5, 5.41) is 41.2. The fraction of sp³-hybridized carbons (Fsp3) is 0. The van der Waals surface area contributed by atoms with Crippen LogP contribution in [-0.4, -0.2) is 15.3 Å². The molecule has 0 aromatic rings. The molecular formula is C3H3N3O4V. The number of nitrogens with zero attached hydrogens (tertiary/aromatic N) is 3. The molecule has 0 aromatic carbocycles. The van der Waals surface area contributed by atoms with Crippen LogP contribution in [0.1, 0.15) is 0 Å². The second-order valence-corrected chi connectivity index (χ2v) is 0.300. The zero-order valence-electron chi connectivity index (χ0n) is 5.04. The maximum atomic E-state index is 8.19. The molecule has 0 rings (SSSR count). The molecule has 0 radical (unpaired) electrons. The molecule has 3 N–H and O–H groups in total. The second kappa shape index (κ2) is 276. The van der Waals surface area contributed by atoms with Gasteiger partial charge in [0.1, 0.15) is 0 Å². The van der Waals surface area contributed by atoms with E-state index in [2.05, 4.69) is 0 Å². The molecule has 11 heavy (non-hydrogen) atoms. The Bertz CT molecular complexity index is 125. The monoisotopic (exact) mass is 196 g/mol. The second-order valence-electron chi connectivity index (χ2n) is 0.300. The van der Waals surface area contributed by atoms with Crippen molar-refractivity contribution in [3.63, 3.8) is 0 Å². The fourth-order valence-corrected chi connectivity index (χ4v) is 0. The summed E-state index contributed by atoms with van der Waals surface area (Å²) in [6.45, 7) is 0. The topological polar surface area (TPSA) is 149 Å². The van der Waals surface area contributed by atoms with E-state index < -0.39 is 0 Å². The summed E-state index contributed by atoms with van der Waals surface area (Å²) in [5.74, 6) is 0. The van der Waals surface area contributed by atoms with Crippen LogP contribution < -0.4 is 0 Å². The predicted molar refractivity (Wildman–Crippen MR) is 23.3 cm³/mol. The first-order valence-electron chi connectivity index (χ1n) is 1.52. The van der Waals surface area contributed by atoms with Crippen molar-refractivity contribution in [2.45, 2.75) is 0 Å². The van der Waals surface area contributed by atoms with E-state index in [9.17, 15) is 0 Å². The van der Waals surface area contributed by atoms with Crippen molar-refractivity contribution in [2.75, 3.05) is 0 Å². The van der Waals surface area contributed by atoms with Gasteiger partial charge in [-0.15, -0.1) is 0 Å². The molecule has 8 heteroatoms. The quantitative estimate of drug-likeness (QED) is 0.437. The predicted octanol–water partition coefficient (Wildman–Crippen LogP) is -0.601. The zero-order chi connectivity index (χ0) is 10.1. The molecular weight excluding hydrogens is 193 g/mol. The third kappa shape index (κ3) is 106. The third-order valence-electron chi connectivity index (χ3n) is 0. The van der Waals surface area contributed by atoms with E-state index >= 15 is 0 Å². The van der Waals surface area contributed by atoms with Gasteiger partial charge in [-0.1, -0.05) is 0 Å². The van der Waals surface area contributed by atoms with Crippen LogP contribution in [0.4, 0.5) is 0 Å². The Kier molecular flexibility index (Phi) is 573. The molecule has 0 bridgehead atoms. The van der Waals surface area contributed by atoms with E-state index in [-0.39, 0.29) is 0 Å². The molecule has 0 atom stereocenters. The minimum absolute atomic E-state index is 0.750. The van der Waals surface area contributed by atoms with E-state index in [1.165, 1.54) is 0 Å². The minimum atomic E-state index is 0.750. The van der Waals surface area contributed by atoms with Gasteiger partial charge in [0.25, 0.3) is 18.8 Å². The van der Waals surface area contributed by atoms with E-state index in [0.29, 0.717) is 0 Å². The van der Waals surface area contributed by atoms with Crippen LogP contribution in [0.25, 0.3) is 0 Å². The van der Waals surface area contributed by atoms with Crippen LogP contribution in [0.2, 0.25) is 0 Å². The van der Waals surface area contributed by atoms with Gasteiger partial charge in [0, 0.05) is 0 Å². The van der Waals surface area contributed by atoms with Gasteiger partial charge in [-0.05, 0) is 0 Å². The van der Waals surface area contributed by atoms with Gasteiger partial charge in [0.2, 0.25) is 0 Å². The number of rotatable bonds is 0. The Labute approximate surface area is 71.5 Å². The van der Waals surface area contributed by atoms with E-state index in [4.69, 9.17) is 34.8 Å². The first-order chi connectivity index (χ1) is 5.24. The van der Waals surface area contributed by atoms with Crippen LogP contribution in [0.15, 0.2) is 0 Å². The van der Waals surface area contributed by atoms with Gasteiger partial charge in [-0.25, -0.2) is 0 Å². The summed E-state index contributed by atoms with van der Waals surface area (Å²) in [5.41, 5.74) is 0. The molecule has 0 unspecified atom stereocenters. The van der Waals surface area contributed by atoms with E-state index in [1.807, 2.05) is 0 Å². The molecule has 0 aliphatic heterocycles. The van der Waals surface area contributed by atoms with Gasteiger partial charge in [-0.2, -0.15) is 15.8 Å². The normalized spacial score (nSPS) is 2.18. The van der Waals surface area contributed by atoms with Gasteiger partial charge >= 0.3 is 21.0 Å². The number of hydrogen-bond donors (Lipinski definition) is 3. The molecule has 0 spiro atoms. The summed E-state index contributed by atoms with van der Waals surface area (Å²) >= 11 is 1.06. The standard InChI is InChI=1S/3CHNO.O.V/c3*2-1-3;;/h3*3H;;. The summed E-state index contributed by atoms with van der Waals surface area (Å²) < 4.78 is 8.19. The first-order valence-corrected chi connectivity index (χ1v) is 2.09. The van der Waals surface area contributed by atoms with Crippen molar-refractivity contribution in [1.29, 1.82) is 15.8 Å². The zero-order valence-corrected chi connectivity index (χ0v) is 6.44. The summed E-state index contributed by atoms with van der Waals surface area (Å²) in [6, 6.07) is 0. The Hall–Kier alpha value is -1.75. The first kappa shape index (κ1) is 22.8. The molecule has 0 aliphatic rings. The van der Waals surface area contributed by atoms with Crippen LogP contribution >= 0.6 is 0 Å². The molecule has 59 valence electrons. The summed E-state index contributed by atoms with van der Waals surface area (Å²) in [7, 11) is 0. The van der Waals surface area contributed by atoms with Crippen molar-refractivity contribution < 1.29 is 36.4 Å². The van der Waals surface area contributed by atoms with Crippen molar-refractivity contribution in [3.05, 3.63) is 0 Å². The Morgan fingerprint density at radius 3 is 0.818 bits per heavy atom. The van der Waals surface area contributed by atoms with Crippen molar-refractivity contribution in [2.24, 2.45) is 0 Å². The Morgan fingerprint density at radius 1 is 0.818 bits per heavy atom. The van der Waals surface area contributed by atoms with Crippen molar-refractivity contribution >= 4 is 0 Å². The van der Waals surface area contributed by atoms with Crippen molar-refractivity contribution in [1.82, 2.24) is 0 Å². The van der Waals surface area contributed by atoms with E-state index in [0.717, 1.165) is 36.1 Å². The maximum absolute atomic E-state index is 8.19. The molecule has 0 saturated heterocycles. The average molecular weight is 196 g/mol. The summed E-state index contributed by atoms with van der Waals surface area (Å²) in [4.78, 5) is 0. The van der Waals surface area contributed by atoms with Crippen LogP contribution in [0.3, 0.4) is 0 Å². The average Bonchev–Trinajstić information content (AvgIpc) is 1.96. The fourth-order valence-electron chi connectivity index (χ4n) is 0. The molecule has 0 fully saturated rings.